The van der Waals surface area contributed by atoms with Crippen LogP contribution in [0.4, 0.5) is 0 Å². The van der Waals surface area contributed by atoms with Gasteiger partial charge >= 0.3 is 0 Å². The molecule has 25 heavy (non-hydrogen) atoms. The zero-order valence-corrected chi connectivity index (χ0v) is 14.3. The summed E-state index contributed by atoms with van der Waals surface area (Å²) in [5, 5.41) is 12.2. The van der Waals surface area contributed by atoms with E-state index in [0.717, 1.165) is 5.75 Å². The number of aromatic amines is 1. The van der Waals surface area contributed by atoms with Gasteiger partial charge in [0.2, 0.25) is 11.1 Å². The van der Waals surface area contributed by atoms with Crippen molar-refractivity contribution in [2.45, 2.75) is 18.7 Å². The van der Waals surface area contributed by atoms with Crippen molar-refractivity contribution in [1.82, 2.24) is 39.3 Å². The zero-order chi connectivity index (χ0) is 17.4. The third kappa shape index (κ3) is 2.66. The fraction of sp³-hybridized carbons (Fsp3) is 0.286. The molecule has 0 fully saturated rings. The molecule has 1 N–H and O–H groups in total. The molecule has 11 heteroatoms. The normalized spacial score (nSPS) is 11.6. The van der Waals surface area contributed by atoms with Gasteiger partial charge in [0.25, 0.3) is 11.3 Å². The Morgan fingerprint density at radius 2 is 2.24 bits per heavy atom. The minimum atomic E-state index is -0.264. The summed E-state index contributed by atoms with van der Waals surface area (Å²) in [5.74, 6) is 2.13. The average Bonchev–Trinajstić information content (AvgIpc) is 3.22. The van der Waals surface area contributed by atoms with Gasteiger partial charge in [0.15, 0.2) is 5.82 Å². The van der Waals surface area contributed by atoms with E-state index in [2.05, 4.69) is 30.2 Å². The lowest BCUT2D eigenvalue weighted by atomic mass is 10.3. The standard InChI is InChI=1S/C14H14N8O2S/c1-3-25-14-17-13(18-19-14)21-5-4-9-8(11(21)23)6-15-12-16-10(7-24-2)20-22(9)12/h4-6H,3,7H2,1-2H3,(H,17,18,19). The predicted molar refractivity (Wildman–Crippen MR) is 90.9 cm³/mol. The number of rotatable bonds is 5. The summed E-state index contributed by atoms with van der Waals surface area (Å²) < 4.78 is 7.97. The summed E-state index contributed by atoms with van der Waals surface area (Å²) in [6, 6.07) is 1.77. The molecule has 0 aromatic carbocycles. The molecule has 0 amide bonds. The minimum absolute atomic E-state index is 0.264. The van der Waals surface area contributed by atoms with E-state index in [1.807, 2.05) is 6.92 Å². The third-order valence-electron chi connectivity index (χ3n) is 3.51. The smallest absolute Gasteiger partial charge is 0.268 e. The van der Waals surface area contributed by atoms with Gasteiger partial charge in [-0.3, -0.25) is 9.36 Å². The number of H-pyrrole nitrogens is 1. The van der Waals surface area contributed by atoms with Gasteiger partial charge in [0.1, 0.15) is 6.61 Å². The van der Waals surface area contributed by atoms with E-state index in [1.54, 1.807) is 19.4 Å². The summed E-state index contributed by atoms with van der Waals surface area (Å²) in [5.41, 5.74) is 0.351. The number of nitrogens with zero attached hydrogens (tertiary/aromatic N) is 7. The number of nitrogens with one attached hydrogen (secondary N) is 1. The van der Waals surface area contributed by atoms with Crippen molar-refractivity contribution in [2.24, 2.45) is 0 Å². The van der Waals surface area contributed by atoms with Crippen molar-refractivity contribution >= 4 is 28.4 Å². The van der Waals surface area contributed by atoms with Crippen molar-refractivity contribution in [3.8, 4) is 5.95 Å². The van der Waals surface area contributed by atoms with Crippen molar-refractivity contribution < 1.29 is 4.74 Å². The van der Waals surface area contributed by atoms with Crippen LogP contribution < -0.4 is 5.56 Å². The summed E-state index contributed by atoms with van der Waals surface area (Å²) in [4.78, 5) is 25.6. The minimum Gasteiger partial charge on any atom is -0.377 e. The number of fused-ring (bicyclic) bond motifs is 3. The van der Waals surface area contributed by atoms with E-state index in [-0.39, 0.29) is 12.2 Å². The molecule has 4 aromatic rings. The lowest BCUT2D eigenvalue weighted by molar-refractivity contribution is 0.178. The first-order valence-corrected chi connectivity index (χ1v) is 8.50. The Bertz CT molecular complexity index is 1120. The van der Waals surface area contributed by atoms with E-state index in [9.17, 15) is 4.79 Å². The van der Waals surface area contributed by atoms with E-state index in [4.69, 9.17) is 4.74 Å². The van der Waals surface area contributed by atoms with Gasteiger partial charge < -0.3 is 4.74 Å². The second-order valence-corrected chi connectivity index (χ2v) is 6.33. The van der Waals surface area contributed by atoms with Crippen LogP contribution in [0.2, 0.25) is 0 Å². The molecule has 0 bridgehead atoms. The molecule has 0 atom stereocenters. The molecule has 0 unspecified atom stereocenters. The topological polar surface area (TPSA) is 116 Å². The Balaban J connectivity index is 1.87. The second-order valence-electron chi connectivity index (χ2n) is 5.10. The average molecular weight is 358 g/mol. The van der Waals surface area contributed by atoms with Crippen molar-refractivity contribution in [1.29, 1.82) is 0 Å². The zero-order valence-electron chi connectivity index (χ0n) is 13.5. The van der Waals surface area contributed by atoms with Crippen LogP contribution in [0.15, 0.2) is 28.4 Å². The van der Waals surface area contributed by atoms with Gasteiger partial charge in [-0.1, -0.05) is 18.7 Å². The maximum atomic E-state index is 12.8. The highest BCUT2D eigenvalue weighted by atomic mass is 32.2. The van der Waals surface area contributed by atoms with Crippen LogP contribution in [0.3, 0.4) is 0 Å². The second kappa shape index (κ2) is 6.26. The molecule has 0 saturated heterocycles. The molecule has 0 aliphatic carbocycles. The van der Waals surface area contributed by atoms with Crippen molar-refractivity contribution in [2.75, 3.05) is 12.9 Å². The highest BCUT2D eigenvalue weighted by Gasteiger charge is 2.13. The van der Waals surface area contributed by atoms with Crippen LogP contribution in [-0.2, 0) is 11.3 Å². The predicted octanol–water partition coefficient (Wildman–Crippen LogP) is 0.805. The Morgan fingerprint density at radius 3 is 3.04 bits per heavy atom. The Hall–Kier alpha value is -2.79. The summed E-state index contributed by atoms with van der Waals surface area (Å²) in [7, 11) is 1.57. The van der Waals surface area contributed by atoms with E-state index >= 15 is 0 Å². The van der Waals surface area contributed by atoms with Crippen LogP contribution in [-0.4, -0.2) is 52.2 Å². The molecule has 4 heterocycles. The van der Waals surface area contributed by atoms with Gasteiger partial charge in [-0.2, -0.15) is 14.5 Å². The van der Waals surface area contributed by atoms with Crippen LogP contribution in [0, 0.1) is 0 Å². The molecule has 0 radical (unpaired) electrons. The van der Waals surface area contributed by atoms with Crippen LogP contribution in [0.25, 0.3) is 22.6 Å². The molecule has 0 spiro atoms. The number of hydrogen-bond acceptors (Lipinski definition) is 8. The van der Waals surface area contributed by atoms with E-state index < -0.39 is 0 Å². The fourth-order valence-electron chi connectivity index (χ4n) is 2.46. The summed E-state index contributed by atoms with van der Waals surface area (Å²) >= 11 is 1.49. The quantitative estimate of drug-likeness (QED) is 0.521. The number of hydrogen-bond donors (Lipinski definition) is 1. The Labute approximate surface area is 145 Å². The SMILES string of the molecule is CCSc1n[nH]c(-n2ccc3c(cnc4nc(COC)nn43)c2=O)n1. The number of methoxy groups -OCH3 is 1. The van der Waals surface area contributed by atoms with Gasteiger partial charge in [0.05, 0.1) is 10.9 Å². The lowest BCUT2D eigenvalue weighted by Crippen LogP contribution is -2.20. The molecule has 4 rings (SSSR count). The Morgan fingerprint density at radius 1 is 1.36 bits per heavy atom. The molecular weight excluding hydrogens is 344 g/mol. The van der Waals surface area contributed by atoms with Crippen LogP contribution >= 0.6 is 11.8 Å². The maximum Gasteiger partial charge on any atom is 0.268 e. The molecule has 0 saturated carbocycles. The highest BCUT2D eigenvalue weighted by Crippen LogP contribution is 2.14. The first kappa shape index (κ1) is 15.7. The first-order chi connectivity index (χ1) is 12.2. The molecule has 0 aliphatic heterocycles. The Kier molecular flexibility index (Phi) is 3.93. The molecule has 4 aromatic heterocycles. The van der Waals surface area contributed by atoms with E-state index in [0.29, 0.717) is 33.6 Å². The number of thioether (sulfide) groups is 1. The number of aromatic nitrogens is 8. The van der Waals surface area contributed by atoms with Crippen LogP contribution in [0.5, 0.6) is 0 Å². The number of ether oxygens (including phenoxy) is 1. The summed E-state index contributed by atoms with van der Waals surface area (Å²) in [6.07, 6.45) is 3.12. The summed E-state index contributed by atoms with van der Waals surface area (Å²) in [6.45, 7) is 2.29. The van der Waals surface area contributed by atoms with Gasteiger partial charge in [-0.05, 0) is 11.8 Å². The van der Waals surface area contributed by atoms with Crippen molar-refractivity contribution in [3.05, 3.63) is 34.6 Å². The largest absolute Gasteiger partial charge is 0.377 e. The van der Waals surface area contributed by atoms with Gasteiger partial charge in [-0.25, -0.2) is 10.1 Å². The molecular formula is C14H14N8O2S. The third-order valence-corrected chi connectivity index (χ3v) is 4.24. The monoisotopic (exact) mass is 358 g/mol. The molecule has 10 nitrogen and oxygen atoms in total. The van der Waals surface area contributed by atoms with Gasteiger partial charge in [-0.15, -0.1) is 10.2 Å². The van der Waals surface area contributed by atoms with Gasteiger partial charge in [0, 0.05) is 19.5 Å². The fourth-order valence-corrected chi connectivity index (χ4v) is 2.98. The van der Waals surface area contributed by atoms with Crippen molar-refractivity contribution in [3.63, 3.8) is 0 Å². The molecule has 0 aliphatic rings. The maximum absolute atomic E-state index is 12.8. The lowest BCUT2D eigenvalue weighted by Gasteiger charge is -2.04. The van der Waals surface area contributed by atoms with Crippen LogP contribution in [0.1, 0.15) is 12.7 Å². The first-order valence-electron chi connectivity index (χ1n) is 7.51. The highest BCUT2D eigenvalue weighted by molar-refractivity contribution is 7.99. The van der Waals surface area contributed by atoms with E-state index in [1.165, 1.54) is 27.0 Å². The number of pyridine rings is 1. The molecule has 128 valence electrons.